The molecule has 2 aromatic carbocycles. The van der Waals surface area contributed by atoms with Crippen LogP contribution in [0.2, 0.25) is 0 Å². The largest absolute Gasteiger partial charge is 0.306 e. The Morgan fingerprint density at radius 2 is 1.90 bits per heavy atom. The molecule has 0 heterocycles. The quantitative estimate of drug-likeness (QED) is 0.785. The average molecular weight is 354 g/mol. The first kappa shape index (κ1) is 16.1. The molecular weight excluding hydrogens is 336 g/mol. The van der Waals surface area contributed by atoms with E-state index in [9.17, 15) is 8.78 Å². The standard InChI is InChI=1S/C17H18BrF2N/c1-3-9-21-17(12-8-7-11(2)15(20)10-12)16-13(18)5-4-6-14(16)19/h4-8,10,17,21H,3,9H2,1-2H3. The zero-order valence-electron chi connectivity index (χ0n) is 12.1. The van der Waals surface area contributed by atoms with Crippen molar-refractivity contribution in [2.75, 3.05) is 6.54 Å². The Kier molecular flexibility index (Phi) is 5.48. The van der Waals surface area contributed by atoms with Crippen LogP contribution in [0.15, 0.2) is 40.9 Å². The molecule has 0 fully saturated rings. The SMILES string of the molecule is CCCNC(c1ccc(C)c(F)c1)c1c(F)cccc1Br. The molecule has 21 heavy (non-hydrogen) atoms. The molecule has 0 aromatic heterocycles. The van der Waals surface area contributed by atoms with Gasteiger partial charge in [-0.05, 0) is 49.2 Å². The minimum absolute atomic E-state index is 0.275. The minimum Gasteiger partial charge on any atom is -0.306 e. The highest BCUT2D eigenvalue weighted by Gasteiger charge is 2.20. The lowest BCUT2D eigenvalue weighted by molar-refractivity contribution is 0.540. The molecule has 2 aromatic rings. The minimum atomic E-state index is -0.379. The summed E-state index contributed by atoms with van der Waals surface area (Å²) in [6.07, 6.45) is 0.914. The Morgan fingerprint density at radius 3 is 2.52 bits per heavy atom. The molecule has 0 amide bonds. The summed E-state index contributed by atoms with van der Waals surface area (Å²) in [5.41, 5.74) is 1.81. The lowest BCUT2D eigenvalue weighted by Crippen LogP contribution is -2.24. The van der Waals surface area contributed by atoms with Crippen LogP contribution in [0.3, 0.4) is 0 Å². The van der Waals surface area contributed by atoms with E-state index in [0.717, 1.165) is 18.5 Å². The summed E-state index contributed by atoms with van der Waals surface area (Å²) >= 11 is 3.40. The molecule has 0 spiro atoms. The van der Waals surface area contributed by atoms with Crippen LogP contribution in [0.1, 0.15) is 36.1 Å². The van der Waals surface area contributed by atoms with Crippen molar-refractivity contribution >= 4 is 15.9 Å². The molecular formula is C17H18BrF2N. The smallest absolute Gasteiger partial charge is 0.129 e. The molecule has 0 radical (unpaired) electrons. The van der Waals surface area contributed by atoms with Crippen LogP contribution in [0.4, 0.5) is 8.78 Å². The highest BCUT2D eigenvalue weighted by Crippen LogP contribution is 2.31. The summed E-state index contributed by atoms with van der Waals surface area (Å²) in [4.78, 5) is 0. The van der Waals surface area contributed by atoms with Crippen molar-refractivity contribution in [2.24, 2.45) is 0 Å². The van der Waals surface area contributed by atoms with Crippen LogP contribution in [-0.4, -0.2) is 6.54 Å². The molecule has 2 rings (SSSR count). The summed E-state index contributed by atoms with van der Waals surface area (Å²) in [5.74, 6) is -0.581. The first-order chi connectivity index (χ1) is 10.0. The zero-order valence-corrected chi connectivity index (χ0v) is 13.7. The van der Waals surface area contributed by atoms with Crippen molar-refractivity contribution in [3.8, 4) is 0 Å². The molecule has 0 saturated carbocycles. The molecule has 1 nitrogen and oxygen atoms in total. The van der Waals surface area contributed by atoms with E-state index in [1.165, 1.54) is 12.1 Å². The monoisotopic (exact) mass is 353 g/mol. The fourth-order valence-electron chi connectivity index (χ4n) is 2.25. The average Bonchev–Trinajstić information content (AvgIpc) is 2.45. The Morgan fingerprint density at radius 1 is 1.14 bits per heavy atom. The molecule has 112 valence electrons. The van der Waals surface area contributed by atoms with Gasteiger partial charge in [-0.3, -0.25) is 0 Å². The highest BCUT2D eigenvalue weighted by molar-refractivity contribution is 9.10. The zero-order chi connectivity index (χ0) is 15.4. The summed E-state index contributed by atoms with van der Waals surface area (Å²) < 4.78 is 28.8. The molecule has 0 saturated heterocycles. The van der Waals surface area contributed by atoms with Gasteiger partial charge in [0.15, 0.2) is 0 Å². The van der Waals surface area contributed by atoms with E-state index < -0.39 is 0 Å². The number of benzene rings is 2. The number of rotatable bonds is 5. The van der Waals surface area contributed by atoms with Crippen molar-refractivity contribution in [1.82, 2.24) is 5.32 Å². The summed E-state index contributed by atoms with van der Waals surface area (Å²) in [7, 11) is 0. The van der Waals surface area contributed by atoms with Crippen molar-refractivity contribution < 1.29 is 8.78 Å². The topological polar surface area (TPSA) is 12.0 Å². The van der Waals surface area contributed by atoms with E-state index in [1.807, 2.05) is 13.0 Å². The molecule has 0 bridgehead atoms. The number of hydrogen-bond acceptors (Lipinski definition) is 1. The van der Waals surface area contributed by atoms with Gasteiger partial charge in [0.25, 0.3) is 0 Å². The molecule has 1 atom stereocenters. The molecule has 0 aliphatic rings. The second kappa shape index (κ2) is 7.14. The number of aryl methyl sites for hydroxylation is 1. The third-order valence-corrected chi connectivity index (χ3v) is 4.11. The maximum atomic E-state index is 14.2. The predicted molar refractivity (Wildman–Crippen MR) is 85.4 cm³/mol. The summed E-state index contributed by atoms with van der Waals surface area (Å²) in [6, 6.07) is 9.52. The summed E-state index contributed by atoms with van der Waals surface area (Å²) in [5, 5.41) is 3.29. The van der Waals surface area contributed by atoms with Crippen molar-refractivity contribution in [1.29, 1.82) is 0 Å². The lowest BCUT2D eigenvalue weighted by Gasteiger charge is -2.22. The molecule has 4 heteroatoms. The number of nitrogens with one attached hydrogen (secondary N) is 1. The van der Waals surface area contributed by atoms with Gasteiger partial charge in [0.2, 0.25) is 0 Å². The Bertz CT molecular complexity index is 608. The second-order valence-electron chi connectivity index (χ2n) is 5.03. The fraction of sp³-hybridized carbons (Fsp3) is 0.294. The van der Waals surface area contributed by atoms with Crippen LogP contribution in [0.5, 0.6) is 0 Å². The van der Waals surface area contributed by atoms with E-state index in [0.29, 0.717) is 15.6 Å². The Hall–Kier alpha value is -1.26. The van der Waals surface area contributed by atoms with Gasteiger partial charge in [0.05, 0.1) is 6.04 Å². The molecule has 0 aliphatic carbocycles. The molecule has 1 N–H and O–H groups in total. The maximum absolute atomic E-state index is 14.2. The third-order valence-electron chi connectivity index (χ3n) is 3.42. The van der Waals surface area contributed by atoms with E-state index in [-0.39, 0.29) is 17.7 Å². The van der Waals surface area contributed by atoms with Gasteiger partial charge in [-0.25, -0.2) is 8.78 Å². The Balaban J connectivity index is 2.49. The van der Waals surface area contributed by atoms with Crippen LogP contribution >= 0.6 is 15.9 Å². The second-order valence-corrected chi connectivity index (χ2v) is 5.89. The van der Waals surface area contributed by atoms with Gasteiger partial charge in [0.1, 0.15) is 11.6 Å². The third kappa shape index (κ3) is 3.69. The van der Waals surface area contributed by atoms with Gasteiger partial charge >= 0.3 is 0 Å². The number of hydrogen-bond donors (Lipinski definition) is 1. The molecule has 1 unspecified atom stereocenters. The molecule has 0 aliphatic heterocycles. The van der Waals surface area contributed by atoms with Crippen LogP contribution in [0.25, 0.3) is 0 Å². The maximum Gasteiger partial charge on any atom is 0.129 e. The van der Waals surface area contributed by atoms with Gasteiger partial charge in [0, 0.05) is 10.0 Å². The van der Waals surface area contributed by atoms with E-state index >= 15 is 0 Å². The Labute approximate surface area is 132 Å². The lowest BCUT2D eigenvalue weighted by atomic mass is 9.97. The number of halogens is 3. The van der Waals surface area contributed by atoms with Gasteiger partial charge in [-0.2, -0.15) is 0 Å². The van der Waals surface area contributed by atoms with Crippen molar-refractivity contribution in [2.45, 2.75) is 26.3 Å². The van der Waals surface area contributed by atoms with Crippen LogP contribution in [0, 0.1) is 18.6 Å². The van der Waals surface area contributed by atoms with E-state index in [4.69, 9.17) is 0 Å². The first-order valence-electron chi connectivity index (χ1n) is 6.98. The first-order valence-corrected chi connectivity index (χ1v) is 7.77. The summed E-state index contributed by atoms with van der Waals surface area (Å²) in [6.45, 7) is 4.48. The van der Waals surface area contributed by atoms with Crippen LogP contribution in [-0.2, 0) is 0 Å². The highest BCUT2D eigenvalue weighted by atomic mass is 79.9. The van der Waals surface area contributed by atoms with E-state index in [2.05, 4.69) is 21.2 Å². The predicted octanol–water partition coefficient (Wildman–Crippen LogP) is 5.12. The van der Waals surface area contributed by atoms with Crippen molar-refractivity contribution in [3.63, 3.8) is 0 Å². The van der Waals surface area contributed by atoms with Gasteiger partial charge in [-0.1, -0.05) is 41.1 Å². The van der Waals surface area contributed by atoms with Crippen molar-refractivity contribution in [3.05, 3.63) is 69.2 Å². The van der Waals surface area contributed by atoms with Crippen LogP contribution < -0.4 is 5.32 Å². The fourth-order valence-corrected chi connectivity index (χ4v) is 2.82. The normalized spacial score (nSPS) is 12.4. The van der Waals surface area contributed by atoms with Gasteiger partial charge in [-0.15, -0.1) is 0 Å². The van der Waals surface area contributed by atoms with Gasteiger partial charge < -0.3 is 5.32 Å². The van der Waals surface area contributed by atoms with E-state index in [1.54, 1.807) is 25.1 Å².